The lowest BCUT2D eigenvalue weighted by Gasteiger charge is -2.30. The van der Waals surface area contributed by atoms with Crippen molar-refractivity contribution in [3.63, 3.8) is 0 Å². The van der Waals surface area contributed by atoms with Gasteiger partial charge in [-0.25, -0.2) is 4.79 Å². The molecule has 0 saturated carbocycles. The van der Waals surface area contributed by atoms with E-state index < -0.39 is 16.9 Å². The molecule has 0 spiro atoms. The highest BCUT2D eigenvalue weighted by Crippen LogP contribution is 2.18. The zero-order chi connectivity index (χ0) is 10.7. The van der Waals surface area contributed by atoms with Gasteiger partial charge < -0.3 is 10.0 Å². The van der Waals surface area contributed by atoms with Crippen LogP contribution in [0.4, 0.5) is 4.79 Å². The number of hydrogen-bond donors (Lipinski definition) is 1. The molecule has 0 bridgehead atoms. The molecule has 0 aromatic heterocycles. The van der Waals surface area contributed by atoms with Crippen molar-refractivity contribution in [2.45, 2.75) is 37.2 Å². The highest BCUT2D eigenvalue weighted by atomic mass is 32.2. The van der Waals surface area contributed by atoms with E-state index in [1.54, 1.807) is 0 Å². The van der Waals surface area contributed by atoms with Gasteiger partial charge in [0.1, 0.15) is 0 Å². The average molecular weight is 219 g/mol. The minimum Gasteiger partial charge on any atom is -0.465 e. The number of hydrogen-bond acceptors (Lipinski definition) is 2. The van der Waals surface area contributed by atoms with Crippen LogP contribution in [0.2, 0.25) is 0 Å². The van der Waals surface area contributed by atoms with Crippen LogP contribution < -0.4 is 0 Å². The second-order valence-electron chi connectivity index (χ2n) is 3.85. The zero-order valence-corrected chi connectivity index (χ0v) is 9.42. The lowest BCUT2D eigenvalue weighted by Crippen LogP contribution is -2.41. The molecule has 0 aromatic carbocycles. The fourth-order valence-corrected chi connectivity index (χ4v) is 3.11. The molecule has 1 unspecified atom stereocenters. The summed E-state index contributed by atoms with van der Waals surface area (Å²) < 4.78 is 11.7. The molecule has 5 heteroatoms. The van der Waals surface area contributed by atoms with Gasteiger partial charge in [0.05, 0.1) is 0 Å². The van der Waals surface area contributed by atoms with Crippen molar-refractivity contribution in [3.05, 3.63) is 0 Å². The first-order valence-electron chi connectivity index (χ1n) is 4.89. The van der Waals surface area contributed by atoms with E-state index in [-0.39, 0.29) is 10.5 Å². The van der Waals surface area contributed by atoms with Gasteiger partial charge in [-0.15, -0.1) is 0 Å². The Labute approximate surface area is 86.7 Å². The summed E-state index contributed by atoms with van der Waals surface area (Å²) in [5.41, 5.74) is 0. The normalized spacial score (nSPS) is 21.2. The summed E-state index contributed by atoms with van der Waals surface area (Å²) >= 11 is 0. The molecule has 1 saturated heterocycles. The first-order valence-corrected chi connectivity index (χ1v) is 6.17. The molecule has 0 aromatic rings. The maximum absolute atomic E-state index is 11.7. The maximum Gasteiger partial charge on any atom is 0.407 e. The summed E-state index contributed by atoms with van der Waals surface area (Å²) in [6.07, 6.45) is 0.604. The van der Waals surface area contributed by atoms with Crippen molar-refractivity contribution < 1.29 is 14.1 Å². The van der Waals surface area contributed by atoms with E-state index in [0.29, 0.717) is 13.1 Å². The molecule has 1 amide bonds. The number of carboxylic acid groups (broad SMARTS) is 1. The topological polar surface area (TPSA) is 57.6 Å². The van der Waals surface area contributed by atoms with Gasteiger partial charge in [-0.1, -0.05) is 13.8 Å². The van der Waals surface area contributed by atoms with Crippen LogP contribution in [-0.2, 0) is 10.8 Å². The van der Waals surface area contributed by atoms with Crippen LogP contribution >= 0.6 is 0 Å². The summed E-state index contributed by atoms with van der Waals surface area (Å²) in [6, 6.07) is 0. The summed E-state index contributed by atoms with van der Waals surface area (Å²) in [6.45, 7) is 4.94. The summed E-state index contributed by atoms with van der Waals surface area (Å²) in [5, 5.41) is 9.09. The molecule has 1 atom stereocenters. The van der Waals surface area contributed by atoms with Crippen LogP contribution in [0.15, 0.2) is 0 Å². The SMILES string of the molecule is CC(C)S(=O)C1CCN(C(=O)O)CC1. The third-order valence-electron chi connectivity index (χ3n) is 2.51. The number of nitrogens with zero attached hydrogens (tertiary/aromatic N) is 1. The van der Waals surface area contributed by atoms with Gasteiger partial charge in [0.15, 0.2) is 0 Å². The fourth-order valence-electron chi connectivity index (χ4n) is 1.66. The van der Waals surface area contributed by atoms with Gasteiger partial charge in [0.25, 0.3) is 0 Å². The van der Waals surface area contributed by atoms with E-state index >= 15 is 0 Å². The molecule has 1 N–H and O–H groups in total. The van der Waals surface area contributed by atoms with Gasteiger partial charge >= 0.3 is 6.09 Å². The number of likely N-dealkylation sites (tertiary alicyclic amines) is 1. The highest BCUT2D eigenvalue weighted by Gasteiger charge is 2.27. The Hall–Kier alpha value is -0.580. The minimum atomic E-state index is -0.862. The van der Waals surface area contributed by atoms with Crippen LogP contribution in [-0.4, -0.2) is 43.9 Å². The van der Waals surface area contributed by atoms with Crippen molar-refractivity contribution in [3.8, 4) is 0 Å². The smallest absolute Gasteiger partial charge is 0.407 e. The van der Waals surface area contributed by atoms with E-state index in [9.17, 15) is 9.00 Å². The molecule has 1 aliphatic heterocycles. The Balaban J connectivity index is 2.43. The van der Waals surface area contributed by atoms with Crippen LogP contribution in [0.3, 0.4) is 0 Å². The predicted octanol–water partition coefficient (Wildman–Crippen LogP) is 1.29. The molecule has 4 nitrogen and oxygen atoms in total. The lowest BCUT2D eigenvalue weighted by molar-refractivity contribution is 0.136. The van der Waals surface area contributed by atoms with Crippen LogP contribution in [0.25, 0.3) is 0 Å². The largest absolute Gasteiger partial charge is 0.465 e. The summed E-state index contributed by atoms with van der Waals surface area (Å²) in [7, 11) is -0.806. The van der Waals surface area contributed by atoms with E-state index in [1.807, 2.05) is 13.8 Å². The van der Waals surface area contributed by atoms with E-state index in [0.717, 1.165) is 12.8 Å². The molecule has 14 heavy (non-hydrogen) atoms. The Morgan fingerprint density at radius 1 is 1.43 bits per heavy atom. The number of carbonyl (C=O) groups is 1. The predicted molar refractivity (Wildman–Crippen MR) is 55.9 cm³/mol. The maximum atomic E-state index is 11.7. The quantitative estimate of drug-likeness (QED) is 0.761. The van der Waals surface area contributed by atoms with Crippen molar-refractivity contribution in [1.82, 2.24) is 4.90 Å². The standard InChI is InChI=1S/C9H17NO3S/c1-7(2)14(13)8-3-5-10(6-4-8)9(11)12/h7-8H,3-6H2,1-2H3,(H,11,12). The Morgan fingerprint density at radius 3 is 2.29 bits per heavy atom. The third-order valence-corrected chi connectivity index (χ3v) is 4.56. The molecule has 0 radical (unpaired) electrons. The Bertz CT molecular complexity index is 234. The first kappa shape index (κ1) is 11.5. The molecule has 0 aliphatic carbocycles. The third kappa shape index (κ3) is 2.70. The van der Waals surface area contributed by atoms with Crippen molar-refractivity contribution >= 4 is 16.9 Å². The van der Waals surface area contributed by atoms with Crippen molar-refractivity contribution in [2.24, 2.45) is 0 Å². The minimum absolute atomic E-state index is 0.177. The van der Waals surface area contributed by atoms with Gasteiger partial charge in [-0.2, -0.15) is 0 Å². The molecule has 1 rings (SSSR count). The lowest BCUT2D eigenvalue weighted by atomic mass is 10.1. The highest BCUT2D eigenvalue weighted by molar-refractivity contribution is 7.86. The van der Waals surface area contributed by atoms with Gasteiger partial charge in [0, 0.05) is 34.4 Å². The van der Waals surface area contributed by atoms with Gasteiger partial charge in [-0.3, -0.25) is 4.21 Å². The molecular weight excluding hydrogens is 202 g/mol. The van der Waals surface area contributed by atoms with E-state index in [4.69, 9.17) is 5.11 Å². The summed E-state index contributed by atoms with van der Waals surface area (Å²) in [4.78, 5) is 12.0. The van der Waals surface area contributed by atoms with Crippen LogP contribution in [0.1, 0.15) is 26.7 Å². The average Bonchev–Trinajstić information content (AvgIpc) is 2.16. The molecule has 1 fully saturated rings. The monoisotopic (exact) mass is 219 g/mol. The fraction of sp³-hybridized carbons (Fsp3) is 0.889. The zero-order valence-electron chi connectivity index (χ0n) is 8.60. The summed E-state index contributed by atoms with van der Waals surface area (Å²) in [5.74, 6) is 0. The second-order valence-corrected chi connectivity index (χ2v) is 6.11. The van der Waals surface area contributed by atoms with Gasteiger partial charge in [-0.05, 0) is 12.8 Å². The van der Waals surface area contributed by atoms with E-state index in [1.165, 1.54) is 4.90 Å². The molecule has 82 valence electrons. The number of rotatable bonds is 2. The van der Waals surface area contributed by atoms with Crippen molar-refractivity contribution in [2.75, 3.05) is 13.1 Å². The van der Waals surface area contributed by atoms with Gasteiger partial charge in [0.2, 0.25) is 0 Å². The molecule has 1 heterocycles. The van der Waals surface area contributed by atoms with Crippen molar-refractivity contribution in [1.29, 1.82) is 0 Å². The first-order chi connectivity index (χ1) is 6.52. The number of piperidine rings is 1. The molecule has 1 aliphatic rings. The Kier molecular flexibility index (Phi) is 3.92. The molecular formula is C9H17NO3S. The number of amides is 1. The Morgan fingerprint density at radius 2 is 1.93 bits per heavy atom. The van der Waals surface area contributed by atoms with Crippen LogP contribution in [0.5, 0.6) is 0 Å². The van der Waals surface area contributed by atoms with Crippen LogP contribution in [0, 0.1) is 0 Å². The second kappa shape index (κ2) is 4.77. The van der Waals surface area contributed by atoms with E-state index in [2.05, 4.69) is 0 Å².